The third-order valence-electron chi connectivity index (χ3n) is 6.51. The number of benzene rings is 3. The summed E-state index contributed by atoms with van der Waals surface area (Å²) in [5.74, 6) is -0.891. The lowest BCUT2D eigenvalue weighted by Crippen LogP contribution is -2.30. The van der Waals surface area contributed by atoms with Crippen molar-refractivity contribution < 1.29 is 23.8 Å². The molecule has 0 fully saturated rings. The normalized spacial score (nSPS) is 12.8. The molecular weight excluding hydrogens is 518 g/mol. The lowest BCUT2D eigenvalue weighted by atomic mass is 9.94. The summed E-state index contributed by atoms with van der Waals surface area (Å²) in [6, 6.07) is 24.5. The number of aliphatic hydroxyl groups excluding tert-OH is 2. The van der Waals surface area contributed by atoms with Crippen molar-refractivity contribution >= 4 is 28.9 Å². The fourth-order valence-electron chi connectivity index (χ4n) is 4.78. The summed E-state index contributed by atoms with van der Waals surface area (Å²) < 4.78 is 30.1. The van der Waals surface area contributed by atoms with Gasteiger partial charge >= 0.3 is 0 Å². The van der Waals surface area contributed by atoms with Gasteiger partial charge in [-0.25, -0.2) is 8.78 Å². The molecule has 5 nitrogen and oxygen atoms in total. The van der Waals surface area contributed by atoms with Gasteiger partial charge in [-0.3, -0.25) is 4.79 Å². The van der Waals surface area contributed by atoms with Crippen molar-refractivity contribution in [1.82, 2.24) is 4.57 Å². The molecule has 0 bridgehead atoms. The Morgan fingerprint density at radius 2 is 1.54 bits per heavy atom. The molecule has 1 heterocycles. The lowest BCUT2D eigenvalue weighted by Gasteiger charge is -2.20. The Morgan fingerprint density at radius 1 is 0.949 bits per heavy atom. The molecule has 0 saturated heterocycles. The van der Waals surface area contributed by atoms with Crippen LogP contribution in [0.1, 0.15) is 42.2 Å². The highest BCUT2D eigenvalue weighted by molar-refractivity contribution is 7.80. The fraction of sp³-hybridized carbons (Fsp3) is 0.226. The number of nitrogens with zero attached hydrogens (tertiary/aromatic N) is 1. The Morgan fingerprint density at radius 3 is 2.10 bits per heavy atom. The maximum Gasteiger partial charge on any atom is 0.258 e. The van der Waals surface area contributed by atoms with Crippen LogP contribution in [0.5, 0.6) is 0 Å². The second-order valence-corrected chi connectivity index (χ2v) is 10.00. The van der Waals surface area contributed by atoms with Gasteiger partial charge < -0.3 is 20.1 Å². The molecule has 202 valence electrons. The van der Waals surface area contributed by atoms with Crippen molar-refractivity contribution in [2.75, 3.05) is 5.32 Å². The third-order valence-corrected chi connectivity index (χ3v) is 6.74. The van der Waals surface area contributed by atoms with Gasteiger partial charge in [0.2, 0.25) is 0 Å². The molecule has 0 aliphatic rings. The average molecular weight is 549 g/mol. The molecule has 39 heavy (non-hydrogen) atoms. The minimum atomic E-state index is -2.08. The van der Waals surface area contributed by atoms with Gasteiger partial charge in [0, 0.05) is 23.5 Å². The smallest absolute Gasteiger partial charge is 0.258 e. The van der Waals surface area contributed by atoms with Crippen LogP contribution in [0, 0.1) is 5.82 Å². The summed E-state index contributed by atoms with van der Waals surface area (Å²) in [5.41, 5.74) is 4.44. The van der Waals surface area contributed by atoms with E-state index in [2.05, 4.69) is 17.5 Å². The summed E-state index contributed by atoms with van der Waals surface area (Å²) in [4.78, 5) is 14.0. The Labute approximate surface area is 231 Å². The molecule has 4 aromatic rings. The van der Waals surface area contributed by atoms with E-state index in [1.54, 1.807) is 24.3 Å². The van der Waals surface area contributed by atoms with Gasteiger partial charge in [-0.2, -0.15) is 0 Å². The van der Waals surface area contributed by atoms with Gasteiger partial charge in [-0.15, -0.1) is 0 Å². The van der Waals surface area contributed by atoms with Crippen molar-refractivity contribution in [2.45, 2.75) is 45.0 Å². The topological polar surface area (TPSA) is 74.5 Å². The molecule has 0 radical (unpaired) electrons. The number of anilines is 1. The molecule has 2 unspecified atom stereocenters. The van der Waals surface area contributed by atoms with Gasteiger partial charge in [0.1, 0.15) is 5.82 Å². The molecule has 3 N–H and O–H groups in total. The van der Waals surface area contributed by atoms with E-state index >= 15 is 0 Å². The molecule has 0 spiro atoms. The molecule has 1 amide bonds. The number of alkyl halides is 1. The summed E-state index contributed by atoms with van der Waals surface area (Å²) in [6.45, 7) is 4.01. The number of nitrogens with one attached hydrogen (secondary N) is 1. The summed E-state index contributed by atoms with van der Waals surface area (Å²) in [6.07, 6.45) is -3.71. The van der Waals surface area contributed by atoms with Crippen molar-refractivity contribution in [3.63, 3.8) is 0 Å². The van der Waals surface area contributed by atoms with Crippen LogP contribution in [0.15, 0.2) is 84.9 Å². The Hall–Kier alpha value is -3.88. The van der Waals surface area contributed by atoms with Crippen molar-refractivity contribution in [2.24, 2.45) is 0 Å². The van der Waals surface area contributed by atoms with Crippen LogP contribution >= 0.6 is 12.2 Å². The number of carbonyl (C=O) groups excluding carboxylic acids is 1. The standard InChI is InChI=1S/C31H30F2N2O3S/c1-19(2)28-26(30(37)34-23-11-7-4-8-12-23)25(20-9-5-3-6-10-20)29(21-13-15-22(32)16-14-21)35(28)18-17-24(36)27(33)31(38)39/h3-16,19,24,27,36H,17-18H2,1-2H3,(H,34,37)(H,38,39). The van der Waals surface area contributed by atoms with Gasteiger partial charge in [0.15, 0.2) is 11.2 Å². The van der Waals surface area contributed by atoms with Crippen molar-refractivity contribution in [1.29, 1.82) is 0 Å². The molecule has 8 heteroatoms. The molecular formula is C31H30F2N2O3S. The van der Waals surface area contributed by atoms with E-state index in [4.69, 9.17) is 0 Å². The number of hydrogen-bond donors (Lipinski definition) is 3. The third kappa shape index (κ3) is 6.24. The number of rotatable bonds is 10. The quantitative estimate of drug-likeness (QED) is 0.182. The Balaban J connectivity index is 1.98. The highest BCUT2D eigenvalue weighted by atomic mass is 32.1. The van der Waals surface area contributed by atoms with Crippen LogP contribution in [0.4, 0.5) is 14.5 Å². The zero-order chi connectivity index (χ0) is 28.1. The molecule has 3 aromatic carbocycles. The highest BCUT2D eigenvalue weighted by Crippen LogP contribution is 2.42. The molecule has 4 rings (SSSR count). The zero-order valence-electron chi connectivity index (χ0n) is 21.6. The van der Waals surface area contributed by atoms with Crippen LogP contribution in [0.25, 0.3) is 22.4 Å². The lowest BCUT2D eigenvalue weighted by molar-refractivity contribution is 0.0931. The number of carbonyl (C=O) groups is 1. The largest absolute Gasteiger partial charge is 0.500 e. The van der Waals surface area contributed by atoms with E-state index in [1.165, 1.54) is 12.1 Å². The first kappa shape index (κ1) is 28.1. The number of halogens is 2. The summed E-state index contributed by atoms with van der Waals surface area (Å²) in [7, 11) is 0. The number of hydrogen-bond acceptors (Lipinski definition) is 3. The number of thiocarbonyl (C=S) groups is 1. The molecule has 0 aliphatic heterocycles. The maximum atomic E-state index is 14.3. The van der Waals surface area contributed by atoms with Gasteiger partial charge in [-0.1, -0.05) is 62.4 Å². The molecule has 0 saturated carbocycles. The molecule has 0 aliphatic carbocycles. The first-order chi connectivity index (χ1) is 18.7. The van der Waals surface area contributed by atoms with Gasteiger partial charge in [0.25, 0.3) is 5.91 Å². The predicted octanol–water partition coefficient (Wildman–Crippen LogP) is 7.31. The van der Waals surface area contributed by atoms with E-state index in [-0.39, 0.29) is 24.8 Å². The van der Waals surface area contributed by atoms with Gasteiger partial charge in [0.05, 0.1) is 17.4 Å². The van der Waals surface area contributed by atoms with Crippen LogP contribution in [0.2, 0.25) is 0 Å². The van der Waals surface area contributed by atoms with Crippen molar-refractivity contribution in [3.8, 4) is 22.4 Å². The minimum absolute atomic E-state index is 0.0849. The van der Waals surface area contributed by atoms with Crippen LogP contribution in [-0.2, 0) is 6.54 Å². The van der Waals surface area contributed by atoms with Crippen LogP contribution < -0.4 is 5.32 Å². The van der Waals surface area contributed by atoms with Crippen LogP contribution in [0.3, 0.4) is 0 Å². The Bertz CT molecular complexity index is 1440. The first-order valence-corrected chi connectivity index (χ1v) is 13.1. The number of aliphatic hydroxyl groups is 2. The van der Waals surface area contributed by atoms with Crippen molar-refractivity contribution in [3.05, 3.63) is 102 Å². The number of aromatic nitrogens is 1. The first-order valence-electron chi connectivity index (χ1n) is 12.7. The summed E-state index contributed by atoms with van der Waals surface area (Å²) >= 11 is 4.52. The van der Waals surface area contributed by atoms with Gasteiger partial charge in [-0.05, 0) is 72.1 Å². The molecule has 2 atom stereocenters. The Kier molecular flexibility index (Phi) is 8.89. The minimum Gasteiger partial charge on any atom is -0.500 e. The molecule has 1 aromatic heterocycles. The van der Waals surface area contributed by atoms with E-state index in [9.17, 15) is 23.8 Å². The average Bonchev–Trinajstić information content (AvgIpc) is 3.28. The van der Waals surface area contributed by atoms with E-state index in [0.29, 0.717) is 33.8 Å². The fourth-order valence-corrected chi connectivity index (χ4v) is 4.94. The zero-order valence-corrected chi connectivity index (χ0v) is 22.5. The highest BCUT2D eigenvalue weighted by Gasteiger charge is 2.31. The van der Waals surface area contributed by atoms with E-state index in [0.717, 1.165) is 5.56 Å². The second kappa shape index (κ2) is 12.3. The maximum absolute atomic E-state index is 14.3. The SMILES string of the molecule is CC(C)c1c(C(=O)Nc2ccccc2)c(-c2ccccc2)c(-c2ccc(F)cc2)n1CCC(O)C(F)C(O)=S. The monoisotopic (exact) mass is 548 g/mol. The second-order valence-electron chi connectivity index (χ2n) is 9.58. The predicted molar refractivity (Wildman–Crippen MR) is 154 cm³/mol. The van der Waals surface area contributed by atoms with E-state index in [1.807, 2.05) is 66.9 Å². The van der Waals surface area contributed by atoms with E-state index < -0.39 is 23.1 Å². The number of para-hydroxylation sites is 1. The van der Waals surface area contributed by atoms with Crippen LogP contribution in [-0.4, -0.2) is 38.0 Å². The summed E-state index contributed by atoms with van der Waals surface area (Å²) in [5, 5.41) is 21.9. The number of amides is 1.